The van der Waals surface area contributed by atoms with Gasteiger partial charge in [0.05, 0.1) is 32.3 Å². The fourth-order valence-corrected chi connectivity index (χ4v) is 1.58. The van der Waals surface area contributed by atoms with Gasteiger partial charge in [-0.05, 0) is 13.8 Å². The smallest absolute Gasteiger partial charge is 0.262 e. The van der Waals surface area contributed by atoms with E-state index in [2.05, 4.69) is 32.3 Å². The van der Waals surface area contributed by atoms with Gasteiger partial charge in [-0.25, -0.2) is 7.85 Å². The highest BCUT2D eigenvalue weighted by atomic mass is 79.9. The summed E-state index contributed by atoms with van der Waals surface area (Å²) in [6.45, 7) is 3.47. The van der Waals surface area contributed by atoms with Crippen molar-refractivity contribution < 1.29 is 9.59 Å². The van der Waals surface area contributed by atoms with Crippen LogP contribution in [-0.4, -0.2) is 25.3 Å². The van der Waals surface area contributed by atoms with Gasteiger partial charge in [-0.3, -0.25) is 9.59 Å². The Hall–Kier alpha value is -0.100. The summed E-state index contributed by atoms with van der Waals surface area (Å²) < 4.78 is 2.41. The SMILES string of the molecule is CC1(C)N(Br)C(=O)C(=O)N1Br. The molecule has 0 N–H and O–H groups in total. The van der Waals surface area contributed by atoms with Gasteiger partial charge >= 0.3 is 11.8 Å². The Balaban J connectivity index is 3.06. The molecule has 1 fully saturated rings. The summed E-state index contributed by atoms with van der Waals surface area (Å²) in [5, 5.41) is 0. The van der Waals surface area contributed by atoms with E-state index in [1.54, 1.807) is 13.8 Å². The van der Waals surface area contributed by atoms with Crippen LogP contribution in [0.2, 0.25) is 0 Å². The molecule has 0 aromatic heterocycles. The molecule has 4 nitrogen and oxygen atoms in total. The van der Waals surface area contributed by atoms with Crippen LogP contribution in [0.5, 0.6) is 0 Å². The van der Waals surface area contributed by atoms with E-state index in [0.717, 1.165) is 0 Å². The van der Waals surface area contributed by atoms with Gasteiger partial charge in [0.25, 0.3) is 0 Å². The van der Waals surface area contributed by atoms with Crippen LogP contribution in [0.3, 0.4) is 0 Å². The lowest BCUT2D eigenvalue weighted by Gasteiger charge is -2.28. The van der Waals surface area contributed by atoms with E-state index in [1.807, 2.05) is 0 Å². The maximum atomic E-state index is 11.0. The Labute approximate surface area is 81.2 Å². The topological polar surface area (TPSA) is 40.6 Å². The molecular weight excluding hydrogens is 280 g/mol. The third-order valence-electron chi connectivity index (χ3n) is 1.50. The lowest BCUT2D eigenvalue weighted by atomic mass is 10.3. The summed E-state index contributed by atoms with van der Waals surface area (Å²) in [6, 6.07) is 0. The van der Waals surface area contributed by atoms with Crippen LogP contribution in [0.15, 0.2) is 0 Å². The van der Waals surface area contributed by atoms with Crippen molar-refractivity contribution in [3.63, 3.8) is 0 Å². The van der Waals surface area contributed by atoms with Crippen molar-refractivity contribution in [2.45, 2.75) is 19.5 Å². The quantitative estimate of drug-likeness (QED) is 0.492. The first-order valence-corrected chi connectivity index (χ1v) is 4.31. The third kappa shape index (κ3) is 1.08. The van der Waals surface area contributed by atoms with Gasteiger partial charge < -0.3 is 0 Å². The van der Waals surface area contributed by atoms with Gasteiger partial charge in [0.15, 0.2) is 0 Å². The van der Waals surface area contributed by atoms with E-state index in [-0.39, 0.29) is 0 Å². The molecule has 1 aliphatic rings. The Bertz CT molecular complexity index is 207. The van der Waals surface area contributed by atoms with Crippen LogP contribution >= 0.6 is 32.3 Å². The molecule has 0 saturated carbocycles. The first kappa shape index (κ1) is 8.99. The Morgan fingerprint density at radius 3 is 1.45 bits per heavy atom. The fraction of sp³-hybridized carbons (Fsp3) is 0.600. The Kier molecular flexibility index (Phi) is 2.00. The number of carbonyl (C=O) groups excluding carboxylic acids is 2. The average Bonchev–Trinajstić information content (AvgIpc) is 2.06. The van der Waals surface area contributed by atoms with Crippen molar-refractivity contribution in [2.75, 3.05) is 0 Å². The van der Waals surface area contributed by atoms with E-state index in [1.165, 1.54) is 7.85 Å². The van der Waals surface area contributed by atoms with Crippen molar-refractivity contribution in [3.8, 4) is 0 Å². The van der Waals surface area contributed by atoms with Gasteiger partial charge in [-0.15, -0.1) is 0 Å². The number of rotatable bonds is 0. The zero-order valence-corrected chi connectivity index (χ0v) is 9.14. The molecule has 6 heteroatoms. The summed E-state index contributed by atoms with van der Waals surface area (Å²) in [4.78, 5) is 22.0. The molecule has 0 aromatic rings. The molecule has 1 aliphatic heterocycles. The van der Waals surface area contributed by atoms with Gasteiger partial charge in [-0.1, -0.05) is 0 Å². The number of carbonyl (C=O) groups is 2. The van der Waals surface area contributed by atoms with E-state index in [0.29, 0.717) is 0 Å². The fourth-order valence-electron chi connectivity index (χ4n) is 0.742. The van der Waals surface area contributed by atoms with E-state index < -0.39 is 17.5 Å². The molecule has 0 radical (unpaired) electrons. The summed E-state index contributed by atoms with van der Waals surface area (Å²) in [7, 11) is 0. The first-order valence-electron chi connectivity index (χ1n) is 2.89. The van der Waals surface area contributed by atoms with Crippen LogP contribution in [0, 0.1) is 0 Å². The van der Waals surface area contributed by atoms with Gasteiger partial charge in [0.2, 0.25) is 0 Å². The monoisotopic (exact) mass is 284 g/mol. The van der Waals surface area contributed by atoms with E-state index in [9.17, 15) is 9.59 Å². The zero-order chi connectivity index (χ0) is 8.81. The molecule has 2 amide bonds. The lowest BCUT2D eigenvalue weighted by molar-refractivity contribution is -0.139. The van der Waals surface area contributed by atoms with Crippen LogP contribution < -0.4 is 0 Å². The molecule has 62 valence electrons. The van der Waals surface area contributed by atoms with Crippen LogP contribution in [-0.2, 0) is 9.59 Å². The van der Waals surface area contributed by atoms with E-state index >= 15 is 0 Å². The number of hydrogen-bond acceptors (Lipinski definition) is 2. The van der Waals surface area contributed by atoms with Crippen molar-refractivity contribution >= 4 is 44.1 Å². The largest absolute Gasteiger partial charge is 0.324 e. The summed E-state index contributed by atoms with van der Waals surface area (Å²) in [5.74, 6) is -1.13. The van der Waals surface area contributed by atoms with Crippen molar-refractivity contribution in [2.24, 2.45) is 0 Å². The predicted octanol–water partition coefficient (Wildman–Crippen LogP) is 1.01. The molecule has 0 aliphatic carbocycles. The molecule has 0 aromatic carbocycles. The van der Waals surface area contributed by atoms with Gasteiger partial charge in [-0.2, -0.15) is 0 Å². The number of halogens is 2. The molecular formula is C5H6Br2N2O2. The lowest BCUT2D eigenvalue weighted by Crippen LogP contribution is -2.40. The standard InChI is InChI=1S/C5H6Br2N2O2/c1-5(2)8(6)3(10)4(11)9(5)7/h1-2H3. The highest BCUT2D eigenvalue weighted by Crippen LogP contribution is 2.33. The molecule has 1 rings (SSSR count). The normalized spacial score (nSPS) is 23.3. The van der Waals surface area contributed by atoms with Crippen molar-refractivity contribution in [1.29, 1.82) is 0 Å². The van der Waals surface area contributed by atoms with Crippen LogP contribution in [0.1, 0.15) is 13.8 Å². The van der Waals surface area contributed by atoms with Gasteiger partial charge in [0.1, 0.15) is 5.66 Å². The minimum atomic E-state index is -0.645. The molecule has 0 unspecified atom stereocenters. The second-order valence-electron chi connectivity index (χ2n) is 2.67. The van der Waals surface area contributed by atoms with Crippen LogP contribution in [0.4, 0.5) is 0 Å². The van der Waals surface area contributed by atoms with E-state index in [4.69, 9.17) is 0 Å². The van der Waals surface area contributed by atoms with Crippen LogP contribution in [0.25, 0.3) is 0 Å². The molecule has 0 spiro atoms. The molecule has 1 heterocycles. The minimum Gasteiger partial charge on any atom is -0.262 e. The zero-order valence-electron chi connectivity index (χ0n) is 5.97. The summed E-state index contributed by atoms with van der Waals surface area (Å²) in [6.07, 6.45) is 0. The van der Waals surface area contributed by atoms with Crippen molar-refractivity contribution in [1.82, 2.24) is 7.85 Å². The first-order chi connectivity index (χ1) is 4.89. The second kappa shape index (κ2) is 2.45. The highest BCUT2D eigenvalue weighted by molar-refractivity contribution is 9.08. The Morgan fingerprint density at radius 1 is 1.09 bits per heavy atom. The molecule has 0 bridgehead atoms. The third-order valence-corrected chi connectivity index (χ3v) is 3.88. The Morgan fingerprint density at radius 2 is 1.36 bits per heavy atom. The number of hydrogen-bond donors (Lipinski definition) is 0. The maximum absolute atomic E-state index is 11.0. The molecule has 11 heavy (non-hydrogen) atoms. The predicted molar refractivity (Wildman–Crippen MR) is 45.6 cm³/mol. The van der Waals surface area contributed by atoms with Gasteiger partial charge in [0, 0.05) is 0 Å². The molecule has 1 saturated heterocycles. The highest BCUT2D eigenvalue weighted by Gasteiger charge is 2.49. The second-order valence-corrected chi connectivity index (χ2v) is 4.08. The molecule has 0 atom stereocenters. The van der Waals surface area contributed by atoms with Crippen molar-refractivity contribution in [3.05, 3.63) is 0 Å². The minimum absolute atomic E-state index is 0.563. The number of amides is 2. The summed E-state index contributed by atoms with van der Waals surface area (Å²) in [5.41, 5.74) is -0.645. The average molecular weight is 286 g/mol. The maximum Gasteiger partial charge on any atom is 0.324 e. The number of nitrogens with zero attached hydrogens (tertiary/aromatic N) is 2. The summed E-state index contributed by atoms with van der Waals surface area (Å²) >= 11 is 5.99.